The maximum Gasteiger partial charge on any atom is 0.276 e. The lowest BCUT2D eigenvalue weighted by Crippen LogP contribution is -2.60. The van der Waals surface area contributed by atoms with Crippen LogP contribution in [0.1, 0.15) is 28.2 Å². The Morgan fingerprint density at radius 1 is 1.40 bits per heavy atom. The molecule has 2 atom stereocenters. The first-order valence-electron chi connectivity index (χ1n) is 8.68. The maximum absolute atomic E-state index is 12.7. The van der Waals surface area contributed by atoms with Gasteiger partial charge < -0.3 is 14.2 Å². The molecule has 4 heterocycles. The molecule has 2 aromatic heterocycles. The lowest BCUT2D eigenvalue weighted by Gasteiger charge is -2.47. The first-order chi connectivity index (χ1) is 12.2. The van der Waals surface area contributed by atoms with Crippen molar-refractivity contribution in [2.75, 3.05) is 26.2 Å². The second-order valence-electron chi connectivity index (χ2n) is 6.67. The van der Waals surface area contributed by atoms with E-state index in [4.69, 9.17) is 9.26 Å². The van der Waals surface area contributed by atoms with Crippen LogP contribution in [0.15, 0.2) is 35.1 Å². The van der Waals surface area contributed by atoms with Crippen molar-refractivity contribution in [3.63, 3.8) is 0 Å². The quantitative estimate of drug-likeness (QED) is 0.842. The van der Waals surface area contributed by atoms with Gasteiger partial charge in [0.2, 0.25) is 0 Å². The van der Waals surface area contributed by atoms with Crippen LogP contribution in [0.4, 0.5) is 0 Å². The van der Waals surface area contributed by atoms with Crippen molar-refractivity contribution in [3.8, 4) is 0 Å². The Morgan fingerprint density at radius 3 is 3.08 bits per heavy atom. The number of rotatable bonds is 3. The van der Waals surface area contributed by atoms with E-state index < -0.39 is 0 Å². The summed E-state index contributed by atoms with van der Waals surface area (Å²) in [6.07, 6.45) is 4.70. The van der Waals surface area contributed by atoms with E-state index in [1.165, 1.54) is 5.56 Å². The average molecular weight is 342 g/mol. The summed E-state index contributed by atoms with van der Waals surface area (Å²) in [4.78, 5) is 21.2. The van der Waals surface area contributed by atoms with Gasteiger partial charge in [-0.25, -0.2) is 0 Å². The van der Waals surface area contributed by atoms with Crippen molar-refractivity contribution < 1.29 is 14.1 Å². The van der Waals surface area contributed by atoms with Crippen LogP contribution in [0.5, 0.6) is 0 Å². The van der Waals surface area contributed by atoms with Crippen LogP contribution in [0.2, 0.25) is 0 Å². The van der Waals surface area contributed by atoms with E-state index in [0.29, 0.717) is 24.5 Å². The van der Waals surface area contributed by atoms with Crippen molar-refractivity contribution in [2.24, 2.45) is 0 Å². The van der Waals surface area contributed by atoms with Gasteiger partial charge in [-0.3, -0.25) is 14.7 Å². The summed E-state index contributed by atoms with van der Waals surface area (Å²) >= 11 is 0. The predicted octanol–water partition coefficient (Wildman–Crippen LogP) is 1.49. The number of morpholine rings is 1. The molecule has 2 aromatic rings. The van der Waals surface area contributed by atoms with Crippen molar-refractivity contribution in [3.05, 3.63) is 47.6 Å². The molecular weight excluding hydrogens is 320 g/mol. The highest BCUT2D eigenvalue weighted by atomic mass is 16.5. The Hall–Kier alpha value is -2.25. The topological polar surface area (TPSA) is 71.7 Å². The van der Waals surface area contributed by atoms with Crippen molar-refractivity contribution in [1.29, 1.82) is 0 Å². The normalized spacial score (nSPS) is 24.1. The molecule has 1 amide bonds. The maximum atomic E-state index is 12.7. The summed E-state index contributed by atoms with van der Waals surface area (Å²) in [5, 5.41) is 3.86. The van der Waals surface area contributed by atoms with Crippen LogP contribution < -0.4 is 0 Å². The minimum absolute atomic E-state index is 0.0674. The number of carbonyl (C=O) groups is 1. The largest absolute Gasteiger partial charge is 0.375 e. The van der Waals surface area contributed by atoms with Gasteiger partial charge in [0, 0.05) is 44.6 Å². The summed E-state index contributed by atoms with van der Waals surface area (Å²) < 4.78 is 11.0. The fraction of sp³-hybridized carbons (Fsp3) is 0.500. The van der Waals surface area contributed by atoms with Gasteiger partial charge in [0.15, 0.2) is 5.69 Å². The zero-order chi connectivity index (χ0) is 17.2. The Bertz CT molecular complexity index is 733. The fourth-order valence-corrected chi connectivity index (χ4v) is 3.68. The lowest BCUT2D eigenvalue weighted by atomic mass is 9.98. The Labute approximate surface area is 146 Å². The minimum Gasteiger partial charge on any atom is -0.375 e. The molecule has 132 valence electrons. The Morgan fingerprint density at radius 2 is 2.32 bits per heavy atom. The third-order valence-electron chi connectivity index (χ3n) is 4.94. The van der Waals surface area contributed by atoms with E-state index in [-0.39, 0.29) is 18.1 Å². The molecule has 0 unspecified atom stereocenters. The molecule has 0 radical (unpaired) electrons. The molecule has 0 aliphatic carbocycles. The predicted molar refractivity (Wildman–Crippen MR) is 89.9 cm³/mol. The highest BCUT2D eigenvalue weighted by molar-refractivity contribution is 5.92. The van der Waals surface area contributed by atoms with E-state index in [0.717, 1.165) is 26.1 Å². The van der Waals surface area contributed by atoms with Gasteiger partial charge in [-0.2, -0.15) is 0 Å². The zero-order valence-electron chi connectivity index (χ0n) is 14.3. The van der Waals surface area contributed by atoms with E-state index in [2.05, 4.69) is 21.1 Å². The van der Waals surface area contributed by atoms with Gasteiger partial charge in [0.25, 0.3) is 5.91 Å². The molecule has 0 spiro atoms. The summed E-state index contributed by atoms with van der Waals surface area (Å²) in [7, 11) is 0. The second-order valence-corrected chi connectivity index (χ2v) is 6.67. The van der Waals surface area contributed by atoms with Crippen LogP contribution in [0.25, 0.3) is 0 Å². The summed E-state index contributed by atoms with van der Waals surface area (Å²) in [6, 6.07) is 5.93. The molecule has 2 saturated heterocycles. The number of ether oxygens (including phenoxy) is 1. The number of aryl methyl sites for hydroxylation is 1. The summed E-state index contributed by atoms with van der Waals surface area (Å²) in [5.74, 6) is 0.583. The number of fused-ring (bicyclic) bond motifs is 1. The standard InChI is InChI=1S/C18H22N4O3/c1-13-9-15(20-25-13)18(23)22-6-4-17-16(12-22)21(7-8-24-17)11-14-3-2-5-19-10-14/h2-3,5,9-10,16-17H,4,6-8,11-12H2,1H3/t16-,17-/m0/s1. The number of piperidine rings is 1. The number of pyridine rings is 1. The fourth-order valence-electron chi connectivity index (χ4n) is 3.68. The summed E-state index contributed by atoms with van der Waals surface area (Å²) in [5.41, 5.74) is 1.56. The lowest BCUT2D eigenvalue weighted by molar-refractivity contribution is -0.101. The van der Waals surface area contributed by atoms with Gasteiger partial charge in [-0.1, -0.05) is 11.2 Å². The number of hydrogen-bond acceptors (Lipinski definition) is 6. The van der Waals surface area contributed by atoms with Gasteiger partial charge in [-0.05, 0) is 25.0 Å². The molecule has 25 heavy (non-hydrogen) atoms. The van der Waals surface area contributed by atoms with Crippen molar-refractivity contribution in [2.45, 2.75) is 32.0 Å². The van der Waals surface area contributed by atoms with Gasteiger partial charge in [0.05, 0.1) is 18.8 Å². The zero-order valence-corrected chi connectivity index (χ0v) is 14.3. The third kappa shape index (κ3) is 3.43. The van der Waals surface area contributed by atoms with E-state index in [1.54, 1.807) is 19.2 Å². The van der Waals surface area contributed by atoms with Gasteiger partial charge >= 0.3 is 0 Å². The van der Waals surface area contributed by atoms with Gasteiger partial charge in [0.1, 0.15) is 5.76 Å². The van der Waals surface area contributed by atoms with E-state index >= 15 is 0 Å². The molecule has 4 rings (SSSR count). The van der Waals surface area contributed by atoms with Crippen LogP contribution in [0, 0.1) is 6.92 Å². The molecule has 0 aromatic carbocycles. The first kappa shape index (κ1) is 16.2. The second kappa shape index (κ2) is 6.93. The van der Waals surface area contributed by atoms with Crippen LogP contribution in [-0.4, -0.2) is 64.2 Å². The molecule has 7 nitrogen and oxygen atoms in total. The highest BCUT2D eigenvalue weighted by Crippen LogP contribution is 2.25. The number of amides is 1. The molecule has 0 saturated carbocycles. The van der Waals surface area contributed by atoms with Crippen molar-refractivity contribution >= 4 is 5.91 Å². The number of hydrogen-bond donors (Lipinski definition) is 0. The number of carbonyl (C=O) groups excluding carboxylic acids is 1. The smallest absolute Gasteiger partial charge is 0.276 e. The average Bonchev–Trinajstić information content (AvgIpc) is 3.08. The highest BCUT2D eigenvalue weighted by Gasteiger charge is 2.39. The van der Waals surface area contributed by atoms with Crippen molar-refractivity contribution in [1.82, 2.24) is 19.9 Å². The molecule has 2 aliphatic heterocycles. The van der Waals surface area contributed by atoms with E-state index in [9.17, 15) is 4.79 Å². The van der Waals surface area contributed by atoms with E-state index in [1.807, 2.05) is 17.2 Å². The minimum atomic E-state index is -0.0674. The number of likely N-dealkylation sites (tertiary alicyclic amines) is 1. The number of nitrogens with zero attached hydrogens (tertiary/aromatic N) is 4. The third-order valence-corrected chi connectivity index (χ3v) is 4.94. The summed E-state index contributed by atoms with van der Waals surface area (Å²) in [6.45, 7) is 5.55. The Balaban J connectivity index is 1.48. The SMILES string of the molecule is Cc1cc(C(=O)N2CC[C@@H]3OCCN(Cc4cccnc4)[C@H]3C2)no1. The first-order valence-corrected chi connectivity index (χ1v) is 8.68. The molecule has 2 fully saturated rings. The van der Waals surface area contributed by atoms with Crippen LogP contribution in [0.3, 0.4) is 0 Å². The van der Waals surface area contributed by atoms with Crippen LogP contribution in [-0.2, 0) is 11.3 Å². The Kier molecular flexibility index (Phi) is 4.50. The molecule has 0 N–H and O–H groups in total. The monoisotopic (exact) mass is 342 g/mol. The number of aromatic nitrogens is 2. The van der Waals surface area contributed by atoms with Gasteiger partial charge in [-0.15, -0.1) is 0 Å². The van der Waals surface area contributed by atoms with Crippen LogP contribution >= 0.6 is 0 Å². The molecule has 7 heteroatoms. The molecular formula is C18H22N4O3. The molecule has 0 bridgehead atoms. The molecule has 2 aliphatic rings.